The van der Waals surface area contributed by atoms with Crippen LogP contribution in [0.1, 0.15) is 22.3 Å². The zero-order valence-corrected chi connectivity index (χ0v) is 7.77. The standard InChI is InChI=1S/C12H10N2/c1-9-3-11-2-12(8-14-7-11)4-10(1)6-13-5-9/h1-2,5-8H,3-4H2. The van der Waals surface area contributed by atoms with Crippen LogP contribution in [-0.4, -0.2) is 9.97 Å². The zero-order chi connectivity index (χ0) is 9.38. The molecular formula is C12H10N2. The molecule has 68 valence electrons. The first-order valence-electron chi connectivity index (χ1n) is 4.76. The average Bonchev–Trinajstić information content (AvgIpc) is 2.17. The summed E-state index contributed by atoms with van der Waals surface area (Å²) in [5.74, 6) is 0. The lowest BCUT2D eigenvalue weighted by atomic mass is 9.98. The molecule has 1 aliphatic carbocycles. The summed E-state index contributed by atoms with van der Waals surface area (Å²) in [6.45, 7) is 0. The average molecular weight is 182 g/mol. The summed E-state index contributed by atoms with van der Waals surface area (Å²) >= 11 is 0. The van der Waals surface area contributed by atoms with Gasteiger partial charge in [-0.1, -0.05) is 12.1 Å². The van der Waals surface area contributed by atoms with Crippen molar-refractivity contribution in [2.75, 3.05) is 0 Å². The predicted molar refractivity (Wildman–Crippen MR) is 54.1 cm³/mol. The quantitative estimate of drug-likeness (QED) is 0.531. The van der Waals surface area contributed by atoms with E-state index < -0.39 is 0 Å². The molecule has 0 N–H and O–H groups in total. The molecule has 0 atom stereocenters. The topological polar surface area (TPSA) is 25.8 Å². The van der Waals surface area contributed by atoms with Crippen LogP contribution in [0, 0.1) is 0 Å². The van der Waals surface area contributed by atoms with Crippen LogP contribution in [0.25, 0.3) is 0 Å². The van der Waals surface area contributed by atoms with Gasteiger partial charge in [0.25, 0.3) is 0 Å². The predicted octanol–water partition coefficient (Wildman–Crippen LogP) is 1.97. The molecule has 3 rings (SSSR count). The number of aromatic nitrogens is 2. The summed E-state index contributed by atoms with van der Waals surface area (Å²) in [7, 11) is 0. The summed E-state index contributed by atoms with van der Waals surface area (Å²) in [5.41, 5.74) is 5.12. The zero-order valence-electron chi connectivity index (χ0n) is 7.77. The molecule has 0 aromatic carbocycles. The molecule has 14 heavy (non-hydrogen) atoms. The number of fused-ring (bicyclic) bond motifs is 4. The minimum Gasteiger partial charge on any atom is -0.264 e. The van der Waals surface area contributed by atoms with E-state index in [1.165, 1.54) is 22.3 Å². The Morgan fingerprint density at radius 2 is 1.00 bits per heavy atom. The lowest BCUT2D eigenvalue weighted by Crippen LogP contribution is -2.00. The van der Waals surface area contributed by atoms with Gasteiger partial charge in [0.2, 0.25) is 0 Å². The third kappa shape index (κ3) is 1.29. The van der Waals surface area contributed by atoms with E-state index in [1.807, 2.05) is 24.8 Å². The fraction of sp³-hybridized carbons (Fsp3) is 0.167. The van der Waals surface area contributed by atoms with Crippen molar-refractivity contribution in [1.29, 1.82) is 0 Å². The molecule has 2 heteroatoms. The van der Waals surface area contributed by atoms with Crippen molar-refractivity contribution in [3.8, 4) is 0 Å². The lowest BCUT2D eigenvalue weighted by Gasteiger charge is -2.10. The molecule has 4 bridgehead atoms. The number of rotatable bonds is 0. The van der Waals surface area contributed by atoms with Gasteiger partial charge in [-0.05, 0) is 22.3 Å². The third-order valence-electron chi connectivity index (χ3n) is 2.52. The van der Waals surface area contributed by atoms with Gasteiger partial charge in [-0.25, -0.2) is 0 Å². The summed E-state index contributed by atoms with van der Waals surface area (Å²) in [4.78, 5) is 8.47. The molecule has 0 spiro atoms. The van der Waals surface area contributed by atoms with Crippen LogP contribution in [0.2, 0.25) is 0 Å². The van der Waals surface area contributed by atoms with Crippen molar-refractivity contribution in [2.45, 2.75) is 12.8 Å². The summed E-state index contributed by atoms with van der Waals surface area (Å²) in [6.07, 6.45) is 9.62. The van der Waals surface area contributed by atoms with Crippen LogP contribution in [0.4, 0.5) is 0 Å². The first-order valence-corrected chi connectivity index (χ1v) is 4.76. The monoisotopic (exact) mass is 182 g/mol. The summed E-state index contributed by atoms with van der Waals surface area (Å²) in [5, 5.41) is 0. The molecule has 2 heterocycles. The van der Waals surface area contributed by atoms with Gasteiger partial charge in [0, 0.05) is 37.6 Å². The van der Waals surface area contributed by atoms with E-state index in [9.17, 15) is 0 Å². The van der Waals surface area contributed by atoms with Gasteiger partial charge in [0.05, 0.1) is 0 Å². The number of nitrogens with zero attached hydrogens (tertiary/aromatic N) is 2. The fourth-order valence-corrected chi connectivity index (χ4v) is 1.94. The summed E-state index contributed by atoms with van der Waals surface area (Å²) < 4.78 is 0. The Kier molecular flexibility index (Phi) is 1.60. The van der Waals surface area contributed by atoms with Crippen LogP contribution in [-0.2, 0) is 12.8 Å². The minimum absolute atomic E-state index is 0.946. The van der Waals surface area contributed by atoms with Crippen molar-refractivity contribution in [2.24, 2.45) is 0 Å². The Bertz CT molecular complexity index is 397. The van der Waals surface area contributed by atoms with Crippen LogP contribution >= 0.6 is 0 Å². The molecule has 0 aliphatic heterocycles. The maximum Gasteiger partial charge on any atom is 0.0303 e. The molecule has 0 unspecified atom stereocenters. The van der Waals surface area contributed by atoms with Crippen molar-refractivity contribution < 1.29 is 0 Å². The fourth-order valence-electron chi connectivity index (χ4n) is 1.94. The minimum atomic E-state index is 0.946. The highest BCUT2D eigenvalue weighted by atomic mass is 14.6. The van der Waals surface area contributed by atoms with Crippen LogP contribution in [0.3, 0.4) is 0 Å². The molecule has 2 aromatic heterocycles. The van der Waals surface area contributed by atoms with Gasteiger partial charge in [0.1, 0.15) is 0 Å². The van der Waals surface area contributed by atoms with E-state index in [0.717, 1.165) is 12.8 Å². The first kappa shape index (κ1) is 7.68. The second-order valence-electron chi connectivity index (χ2n) is 3.76. The SMILES string of the molecule is c1ncc2cc1Cc1cncc(c1)C2. The van der Waals surface area contributed by atoms with E-state index in [4.69, 9.17) is 0 Å². The van der Waals surface area contributed by atoms with Gasteiger partial charge in [-0.3, -0.25) is 9.97 Å². The van der Waals surface area contributed by atoms with E-state index in [0.29, 0.717) is 0 Å². The Hall–Kier alpha value is -1.70. The second kappa shape index (κ2) is 2.91. The molecule has 0 saturated heterocycles. The molecule has 0 fully saturated rings. The van der Waals surface area contributed by atoms with Gasteiger partial charge >= 0.3 is 0 Å². The van der Waals surface area contributed by atoms with Crippen molar-refractivity contribution in [3.63, 3.8) is 0 Å². The van der Waals surface area contributed by atoms with Crippen molar-refractivity contribution >= 4 is 0 Å². The maximum atomic E-state index is 4.24. The van der Waals surface area contributed by atoms with Crippen molar-refractivity contribution in [3.05, 3.63) is 59.2 Å². The second-order valence-corrected chi connectivity index (χ2v) is 3.76. The molecule has 0 radical (unpaired) electrons. The Balaban J connectivity index is 2.17. The largest absolute Gasteiger partial charge is 0.264 e. The highest BCUT2D eigenvalue weighted by Crippen LogP contribution is 2.17. The molecule has 0 saturated carbocycles. The van der Waals surface area contributed by atoms with E-state index >= 15 is 0 Å². The molecule has 0 amide bonds. The molecule has 2 nitrogen and oxygen atoms in total. The van der Waals surface area contributed by atoms with Gasteiger partial charge < -0.3 is 0 Å². The highest BCUT2D eigenvalue weighted by molar-refractivity contribution is 5.33. The number of hydrogen-bond acceptors (Lipinski definition) is 2. The maximum absolute atomic E-state index is 4.24. The number of pyridine rings is 2. The van der Waals surface area contributed by atoms with E-state index in [1.54, 1.807) is 0 Å². The van der Waals surface area contributed by atoms with Gasteiger partial charge in [0.15, 0.2) is 0 Å². The smallest absolute Gasteiger partial charge is 0.0303 e. The third-order valence-corrected chi connectivity index (χ3v) is 2.52. The van der Waals surface area contributed by atoms with Crippen molar-refractivity contribution in [1.82, 2.24) is 9.97 Å². The first-order chi connectivity index (χ1) is 6.90. The van der Waals surface area contributed by atoms with Crippen LogP contribution in [0.15, 0.2) is 36.9 Å². The Morgan fingerprint density at radius 1 is 0.643 bits per heavy atom. The van der Waals surface area contributed by atoms with Gasteiger partial charge in [-0.2, -0.15) is 0 Å². The van der Waals surface area contributed by atoms with Crippen LogP contribution < -0.4 is 0 Å². The molecular weight excluding hydrogens is 172 g/mol. The van der Waals surface area contributed by atoms with Gasteiger partial charge in [-0.15, -0.1) is 0 Å². The molecule has 1 aliphatic rings. The Morgan fingerprint density at radius 3 is 1.36 bits per heavy atom. The van der Waals surface area contributed by atoms with E-state index in [-0.39, 0.29) is 0 Å². The highest BCUT2D eigenvalue weighted by Gasteiger charge is 2.06. The Labute approximate surface area is 82.7 Å². The number of hydrogen-bond donors (Lipinski definition) is 0. The normalized spacial score (nSPS) is 13.1. The van der Waals surface area contributed by atoms with Crippen LogP contribution in [0.5, 0.6) is 0 Å². The van der Waals surface area contributed by atoms with E-state index in [2.05, 4.69) is 22.1 Å². The summed E-state index contributed by atoms with van der Waals surface area (Å²) in [6, 6.07) is 4.46. The molecule has 2 aromatic rings. The lowest BCUT2D eigenvalue weighted by molar-refractivity contribution is 1.02.